The van der Waals surface area contributed by atoms with Crippen LogP contribution in [0.1, 0.15) is 5.56 Å². The van der Waals surface area contributed by atoms with Gasteiger partial charge < -0.3 is 52.7 Å². The molecule has 45 heavy (non-hydrogen) atoms. The van der Waals surface area contributed by atoms with Gasteiger partial charge in [-0.15, -0.1) is 0 Å². The second-order valence-corrected chi connectivity index (χ2v) is 10.9. The monoisotopic (exact) mass is 669 g/mol. The number of rotatable bonds is 35. The van der Waals surface area contributed by atoms with Gasteiger partial charge in [-0.3, -0.25) is 4.18 Å². The Balaban J connectivity index is 1.68. The van der Waals surface area contributed by atoms with Crippen LogP contribution >= 0.6 is 0 Å². The first kappa shape index (κ1) is 41.7. The minimum Gasteiger partial charge on any atom is -0.378 e. The summed E-state index contributed by atoms with van der Waals surface area (Å²) in [5, 5.41) is 3.01. The van der Waals surface area contributed by atoms with E-state index in [-0.39, 0.29) is 18.1 Å². The van der Waals surface area contributed by atoms with Gasteiger partial charge in [0, 0.05) is 6.54 Å². The van der Waals surface area contributed by atoms with Gasteiger partial charge in [0.2, 0.25) is 0 Å². The summed E-state index contributed by atoms with van der Waals surface area (Å²) >= 11 is 0. The molecule has 0 unspecified atom stereocenters. The van der Waals surface area contributed by atoms with E-state index in [0.717, 1.165) is 12.1 Å². The fraction of sp³-hybridized carbons (Fsp3) is 0.800. The molecule has 0 heterocycles. The summed E-state index contributed by atoms with van der Waals surface area (Å²) in [5.41, 5.74) is 0.976. The van der Waals surface area contributed by atoms with Crippen LogP contribution in [-0.2, 0) is 61.7 Å². The third kappa shape index (κ3) is 27.5. The van der Waals surface area contributed by atoms with Crippen molar-refractivity contribution < 1.29 is 60.0 Å². The number of benzene rings is 1. The molecule has 0 atom stereocenters. The van der Waals surface area contributed by atoms with Gasteiger partial charge >= 0.3 is 0 Å². The molecular weight excluding hydrogens is 614 g/mol. The molecule has 0 bridgehead atoms. The number of ether oxygens (including phenoxy) is 10. The maximum Gasteiger partial charge on any atom is 0.297 e. The first-order chi connectivity index (χ1) is 22.1. The van der Waals surface area contributed by atoms with Crippen molar-refractivity contribution >= 4 is 10.1 Å². The van der Waals surface area contributed by atoms with Crippen LogP contribution in [0.3, 0.4) is 0 Å². The highest BCUT2D eigenvalue weighted by Gasteiger charge is 2.14. The molecule has 14 nitrogen and oxygen atoms in total. The standard InChI is InChI=1S/C30H55NO13S/c1-29-3-5-30(6-4-29)45(32,33)44-28-27-43-26-25-42-24-23-41-22-21-40-20-19-39-18-17-38-16-15-37-14-13-36-12-11-35-10-9-34-8-7-31-2/h3-6,31H,7-28H2,1-2H3. The average molecular weight is 670 g/mol. The van der Waals surface area contributed by atoms with Crippen LogP contribution in [0.5, 0.6) is 0 Å². The number of likely N-dealkylation sites (N-methyl/N-ethyl adjacent to an activating group) is 1. The zero-order valence-electron chi connectivity index (χ0n) is 27.1. The van der Waals surface area contributed by atoms with Crippen molar-refractivity contribution in [3.8, 4) is 0 Å². The second-order valence-electron chi connectivity index (χ2n) is 9.32. The molecule has 0 aliphatic rings. The quantitative estimate of drug-likeness (QED) is 0.0812. The van der Waals surface area contributed by atoms with Crippen LogP contribution in [0, 0.1) is 6.92 Å². The van der Waals surface area contributed by atoms with Crippen molar-refractivity contribution in [2.24, 2.45) is 0 Å². The number of hydrogen-bond acceptors (Lipinski definition) is 14. The number of aryl methyl sites for hydroxylation is 1. The molecule has 15 heteroatoms. The predicted octanol–water partition coefficient (Wildman–Crippen LogP) is 1.09. The van der Waals surface area contributed by atoms with E-state index in [1.165, 1.54) is 12.1 Å². The summed E-state index contributed by atoms with van der Waals surface area (Å²) in [6.07, 6.45) is 0. The molecule has 1 aromatic carbocycles. The first-order valence-corrected chi connectivity index (χ1v) is 16.8. The minimum atomic E-state index is -3.77. The molecule has 0 radical (unpaired) electrons. The molecule has 0 fully saturated rings. The lowest BCUT2D eigenvalue weighted by Crippen LogP contribution is -2.17. The predicted molar refractivity (Wildman–Crippen MR) is 166 cm³/mol. The molecule has 0 aliphatic heterocycles. The van der Waals surface area contributed by atoms with Crippen molar-refractivity contribution in [1.29, 1.82) is 0 Å². The topological polar surface area (TPSA) is 148 Å². The fourth-order valence-corrected chi connectivity index (χ4v) is 4.12. The van der Waals surface area contributed by atoms with Gasteiger partial charge in [0.25, 0.3) is 10.1 Å². The maximum atomic E-state index is 12.1. The van der Waals surface area contributed by atoms with Gasteiger partial charge in [0.15, 0.2) is 0 Å². The first-order valence-electron chi connectivity index (χ1n) is 15.4. The molecule has 1 rings (SSSR count). The van der Waals surface area contributed by atoms with Crippen molar-refractivity contribution in [3.63, 3.8) is 0 Å². The summed E-state index contributed by atoms with van der Waals surface area (Å²) in [6, 6.07) is 6.48. The summed E-state index contributed by atoms with van der Waals surface area (Å²) in [6.45, 7) is 12.2. The lowest BCUT2D eigenvalue weighted by Gasteiger charge is -2.09. The van der Waals surface area contributed by atoms with Crippen molar-refractivity contribution in [2.75, 3.05) is 152 Å². The minimum absolute atomic E-state index is 0.0578. The highest BCUT2D eigenvalue weighted by Crippen LogP contribution is 2.12. The second kappa shape index (κ2) is 31.3. The lowest BCUT2D eigenvalue weighted by molar-refractivity contribution is -0.0266. The molecule has 0 spiro atoms. The van der Waals surface area contributed by atoms with Gasteiger partial charge in [-0.25, -0.2) is 0 Å². The third-order valence-corrected chi connectivity index (χ3v) is 6.95. The zero-order valence-corrected chi connectivity index (χ0v) is 27.9. The molecule has 0 amide bonds. The molecule has 0 saturated heterocycles. The number of hydrogen-bond donors (Lipinski definition) is 1. The van der Waals surface area contributed by atoms with E-state index in [9.17, 15) is 8.42 Å². The van der Waals surface area contributed by atoms with E-state index in [1.807, 2.05) is 14.0 Å². The van der Waals surface area contributed by atoms with Crippen LogP contribution in [0.2, 0.25) is 0 Å². The third-order valence-electron chi connectivity index (χ3n) is 5.62. The van der Waals surface area contributed by atoms with E-state index < -0.39 is 10.1 Å². The lowest BCUT2D eigenvalue weighted by atomic mass is 10.2. The van der Waals surface area contributed by atoms with Crippen LogP contribution < -0.4 is 5.32 Å². The van der Waals surface area contributed by atoms with Crippen molar-refractivity contribution in [3.05, 3.63) is 29.8 Å². The molecule has 0 aliphatic carbocycles. The van der Waals surface area contributed by atoms with Gasteiger partial charge in [0.05, 0.1) is 144 Å². The Morgan fingerprint density at radius 2 is 0.711 bits per heavy atom. The molecule has 0 saturated carbocycles. The van der Waals surface area contributed by atoms with Crippen LogP contribution in [0.4, 0.5) is 0 Å². The maximum absolute atomic E-state index is 12.1. The van der Waals surface area contributed by atoms with E-state index in [2.05, 4.69) is 5.32 Å². The Labute approximate surface area is 269 Å². The van der Waals surface area contributed by atoms with Gasteiger partial charge in [0.1, 0.15) is 0 Å². The normalized spacial score (nSPS) is 11.9. The summed E-state index contributed by atoms with van der Waals surface area (Å²) < 4.78 is 83.3. The van der Waals surface area contributed by atoms with Gasteiger partial charge in [-0.2, -0.15) is 8.42 Å². The van der Waals surface area contributed by atoms with Gasteiger partial charge in [-0.05, 0) is 26.1 Å². The van der Waals surface area contributed by atoms with Crippen LogP contribution in [-0.4, -0.2) is 161 Å². The Hall–Kier alpha value is -1.31. The SMILES string of the molecule is CNCCOCCOCCOCCOCCOCCOCCOCCOCCOCCOCCOS(=O)(=O)c1ccc(C)cc1. The summed E-state index contributed by atoms with van der Waals surface area (Å²) in [4.78, 5) is 0.129. The Kier molecular flexibility index (Phi) is 29.0. The highest BCUT2D eigenvalue weighted by molar-refractivity contribution is 7.86. The smallest absolute Gasteiger partial charge is 0.297 e. The van der Waals surface area contributed by atoms with E-state index in [4.69, 9.17) is 51.6 Å². The Morgan fingerprint density at radius 1 is 0.444 bits per heavy atom. The average Bonchev–Trinajstić information content (AvgIpc) is 3.03. The summed E-state index contributed by atoms with van der Waals surface area (Å²) in [7, 11) is -1.88. The molecule has 1 aromatic rings. The Bertz CT molecular complexity index is 862. The van der Waals surface area contributed by atoms with Crippen LogP contribution in [0.25, 0.3) is 0 Å². The largest absolute Gasteiger partial charge is 0.378 e. The van der Waals surface area contributed by atoms with E-state index in [1.54, 1.807) is 12.1 Å². The van der Waals surface area contributed by atoms with Crippen LogP contribution in [0.15, 0.2) is 29.2 Å². The molecule has 0 aromatic heterocycles. The van der Waals surface area contributed by atoms with Crippen molar-refractivity contribution in [2.45, 2.75) is 11.8 Å². The summed E-state index contributed by atoms with van der Waals surface area (Å²) in [5.74, 6) is 0. The van der Waals surface area contributed by atoms with Gasteiger partial charge in [-0.1, -0.05) is 17.7 Å². The van der Waals surface area contributed by atoms with E-state index in [0.29, 0.717) is 126 Å². The fourth-order valence-electron chi connectivity index (χ4n) is 3.23. The highest BCUT2D eigenvalue weighted by atomic mass is 32.2. The molecule has 1 N–H and O–H groups in total. The van der Waals surface area contributed by atoms with E-state index >= 15 is 0 Å². The zero-order chi connectivity index (χ0) is 32.5. The molecular formula is C30H55NO13S. The Morgan fingerprint density at radius 3 is 1.00 bits per heavy atom. The van der Waals surface area contributed by atoms with Crippen molar-refractivity contribution in [1.82, 2.24) is 5.32 Å². The molecule has 264 valence electrons. The number of nitrogens with one attached hydrogen (secondary N) is 1.